The number of rotatable bonds is 9. The van der Waals surface area contributed by atoms with Crippen LogP contribution in [0.4, 0.5) is 10.1 Å². The number of benzene rings is 4. The van der Waals surface area contributed by atoms with E-state index >= 15 is 0 Å². The summed E-state index contributed by atoms with van der Waals surface area (Å²) in [6.45, 7) is 4.18. The van der Waals surface area contributed by atoms with Crippen LogP contribution in [0.15, 0.2) is 97.1 Å². The van der Waals surface area contributed by atoms with Crippen molar-refractivity contribution in [2.24, 2.45) is 0 Å². The summed E-state index contributed by atoms with van der Waals surface area (Å²) in [6.07, 6.45) is 3.72. The van der Waals surface area contributed by atoms with Gasteiger partial charge in [-0.15, -0.1) is 6.58 Å². The Balaban J connectivity index is 1.63. The molecule has 0 atom stereocenters. The van der Waals surface area contributed by atoms with E-state index in [1.54, 1.807) is 12.1 Å². The van der Waals surface area contributed by atoms with Crippen LogP contribution in [0.2, 0.25) is 0 Å². The van der Waals surface area contributed by atoms with Gasteiger partial charge in [0, 0.05) is 11.3 Å². The van der Waals surface area contributed by atoms with Gasteiger partial charge < -0.3 is 14.8 Å². The number of hydrogen-bond donors (Lipinski definition) is 1. The Labute approximate surface area is 215 Å². The van der Waals surface area contributed by atoms with Crippen molar-refractivity contribution >= 4 is 28.4 Å². The zero-order valence-electron chi connectivity index (χ0n) is 20.3. The molecule has 0 radical (unpaired) electrons. The Morgan fingerprint density at radius 1 is 1.05 bits per heavy atom. The molecule has 0 spiro atoms. The smallest absolute Gasteiger partial charge is 0.266 e. The van der Waals surface area contributed by atoms with Crippen molar-refractivity contribution < 1.29 is 18.7 Å². The molecule has 0 aliphatic carbocycles. The summed E-state index contributed by atoms with van der Waals surface area (Å²) in [5, 5.41) is 14.5. The minimum Gasteiger partial charge on any atom is -0.493 e. The fourth-order valence-corrected chi connectivity index (χ4v) is 4.00. The Hall–Kier alpha value is -4.89. The quantitative estimate of drug-likeness (QED) is 0.158. The molecule has 0 aromatic heterocycles. The molecule has 0 heterocycles. The Kier molecular flexibility index (Phi) is 7.97. The molecule has 184 valence electrons. The van der Waals surface area contributed by atoms with Crippen LogP contribution < -0.4 is 14.8 Å². The predicted octanol–water partition coefficient (Wildman–Crippen LogP) is 6.84. The average Bonchev–Trinajstić information content (AvgIpc) is 2.92. The number of nitrogens with zero attached hydrogens (tertiary/aromatic N) is 1. The summed E-state index contributed by atoms with van der Waals surface area (Å²) in [6, 6.07) is 25.0. The second-order valence-corrected chi connectivity index (χ2v) is 8.26. The molecule has 0 saturated carbocycles. The Morgan fingerprint density at radius 2 is 1.81 bits per heavy atom. The van der Waals surface area contributed by atoms with Crippen molar-refractivity contribution in [3.63, 3.8) is 0 Å². The van der Waals surface area contributed by atoms with Crippen LogP contribution in [0.1, 0.15) is 16.7 Å². The first-order chi connectivity index (χ1) is 18.0. The van der Waals surface area contributed by atoms with E-state index in [9.17, 15) is 14.4 Å². The molecule has 5 nitrogen and oxygen atoms in total. The number of methoxy groups -OCH3 is 1. The van der Waals surface area contributed by atoms with Gasteiger partial charge >= 0.3 is 0 Å². The molecule has 37 heavy (non-hydrogen) atoms. The molecule has 0 fully saturated rings. The summed E-state index contributed by atoms with van der Waals surface area (Å²) >= 11 is 0. The lowest BCUT2D eigenvalue weighted by atomic mass is 10.0. The van der Waals surface area contributed by atoms with Crippen molar-refractivity contribution in [1.29, 1.82) is 5.26 Å². The number of halogens is 1. The van der Waals surface area contributed by atoms with E-state index in [4.69, 9.17) is 9.47 Å². The maximum atomic E-state index is 13.2. The highest BCUT2D eigenvalue weighted by Gasteiger charge is 2.15. The zero-order valence-corrected chi connectivity index (χ0v) is 20.3. The fraction of sp³-hybridized carbons (Fsp3) is 0.0968. The highest BCUT2D eigenvalue weighted by Crippen LogP contribution is 2.35. The number of nitriles is 1. The highest BCUT2D eigenvalue weighted by atomic mass is 19.1. The summed E-state index contributed by atoms with van der Waals surface area (Å²) in [5.41, 5.74) is 2.71. The van der Waals surface area contributed by atoms with Gasteiger partial charge in [0.2, 0.25) is 0 Å². The van der Waals surface area contributed by atoms with Crippen molar-refractivity contribution in [3.05, 3.63) is 120 Å². The predicted molar refractivity (Wildman–Crippen MR) is 144 cm³/mol. The van der Waals surface area contributed by atoms with Gasteiger partial charge in [0.15, 0.2) is 11.5 Å². The third-order valence-corrected chi connectivity index (χ3v) is 5.77. The molecular weight excluding hydrogens is 467 g/mol. The molecule has 4 aromatic rings. The number of amides is 1. The summed E-state index contributed by atoms with van der Waals surface area (Å²) in [7, 11) is 1.54. The van der Waals surface area contributed by atoms with E-state index in [0.29, 0.717) is 35.8 Å². The summed E-state index contributed by atoms with van der Waals surface area (Å²) in [4.78, 5) is 12.7. The molecule has 0 aliphatic heterocycles. The van der Waals surface area contributed by atoms with Gasteiger partial charge in [-0.05, 0) is 70.8 Å². The van der Waals surface area contributed by atoms with Crippen LogP contribution in [-0.4, -0.2) is 13.0 Å². The number of nitrogens with one attached hydrogen (secondary N) is 1. The molecular formula is C31H25FN2O3. The molecule has 0 bridgehead atoms. The molecule has 0 aliphatic rings. The second-order valence-electron chi connectivity index (χ2n) is 8.26. The van der Waals surface area contributed by atoms with E-state index in [-0.39, 0.29) is 5.57 Å². The minimum atomic E-state index is -0.602. The molecule has 0 unspecified atom stereocenters. The van der Waals surface area contributed by atoms with Gasteiger partial charge in [-0.1, -0.05) is 48.5 Å². The molecule has 1 N–H and O–H groups in total. The van der Waals surface area contributed by atoms with Crippen molar-refractivity contribution in [3.8, 4) is 17.6 Å². The first kappa shape index (κ1) is 25.2. The lowest BCUT2D eigenvalue weighted by Gasteiger charge is -2.17. The van der Waals surface area contributed by atoms with Gasteiger partial charge in [-0.25, -0.2) is 4.39 Å². The van der Waals surface area contributed by atoms with Crippen molar-refractivity contribution in [2.75, 3.05) is 12.4 Å². The zero-order chi connectivity index (χ0) is 26.2. The fourth-order valence-electron chi connectivity index (χ4n) is 4.00. The number of carbonyl (C=O) groups excluding carboxylic acids is 1. The lowest BCUT2D eigenvalue weighted by molar-refractivity contribution is -0.112. The van der Waals surface area contributed by atoms with Crippen LogP contribution in [0.25, 0.3) is 16.8 Å². The van der Waals surface area contributed by atoms with Gasteiger partial charge in [-0.3, -0.25) is 4.79 Å². The maximum Gasteiger partial charge on any atom is 0.266 e. The number of carbonyl (C=O) groups is 1. The number of hydrogen-bond acceptors (Lipinski definition) is 4. The molecule has 4 aromatic carbocycles. The number of anilines is 1. The van der Waals surface area contributed by atoms with Crippen LogP contribution in [0, 0.1) is 17.1 Å². The van der Waals surface area contributed by atoms with Crippen LogP contribution in [0.5, 0.6) is 11.5 Å². The first-order valence-electron chi connectivity index (χ1n) is 11.6. The van der Waals surface area contributed by atoms with E-state index in [2.05, 4.69) is 30.1 Å². The van der Waals surface area contributed by atoms with E-state index in [0.717, 1.165) is 21.9 Å². The largest absolute Gasteiger partial charge is 0.493 e. The lowest BCUT2D eigenvalue weighted by Crippen LogP contribution is -2.13. The van der Waals surface area contributed by atoms with Crippen LogP contribution in [0.3, 0.4) is 0 Å². The van der Waals surface area contributed by atoms with Gasteiger partial charge in [0.25, 0.3) is 5.91 Å². The summed E-state index contributed by atoms with van der Waals surface area (Å²) in [5.74, 6) is 0.0251. The standard InChI is InChI=1S/C31H25FN2O3/c1-3-7-23-16-21(17-25(19-33)31(35)34-27-14-12-26(32)13-15-27)18-29(36-2)30(23)37-20-24-10-6-9-22-8-4-5-11-28(22)24/h3-6,8-18H,1,7,20H2,2H3,(H,34,35)/b25-17+. The second kappa shape index (κ2) is 11.7. The van der Waals surface area contributed by atoms with Crippen LogP contribution >= 0.6 is 0 Å². The Morgan fingerprint density at radius 3 is 2.54 bits per heavy atom. The average molecular weight is 493 g/mol. The van der Waals surface area contributed by atoms with Gasteiger partial charge in [0.1, 0.15) is 24.1 Å². The minimum absolute atomic E-state index is 0.111. The maximum absolute atomic E-state index is 13.2. The molecule has 6 heteroatoms. The topological polar surface area (TPSA) is 71.4 Å². The summed E-state index contributed by atoms with van der Waals surface area (Å²) < 4.78 is 25.0. The Bertz CT molecular complexity index is 1510. The van der Waals surface area contributed by atoms with Crippen LogP contribution in [-0.2, 0) is 17.8 Å². The van der Waals surface area contributed by atoms with Crippen molar-refractivity contribution in [2.45, 2.75) is 13.0 Å². The third kappa shape index (κ3) is 6.03. The monoisotopic (exact) mass is 492 g/mol. The van der Waals surface area contributed by atoms with Gasteiger partial charge in [-0.2, -0.15) is 5.26 Å². The number of ether oxygens (including phenoxy) is 2. The van der Waals surface area contributed by atoms with Crippen molar-refractivity contribution in [1.82, 2.24) is 0 Å². The third-order valence-electron chi connectivity index (χ3n) is 5.77. The van der Waals surface area contributed by atoms with Gasteiger partial charge in [0.05, 0.1) is 7.11 Å². The SMILES string of the molecule is C=CCc1cc(/C=C(\C#N)C(=O)Nc2ccc(F)cc2)cc(OC)c1OCc1cccc2ccccc12. The highest BCUT2D eigenvalue weighted by molar-refractivity contribution is 6.09. The number of fused-ring (bicyclic) bond motifs is 1. The molecule has 4 rings (SSSR count). The number of allylic oxidation sites excluding steroid dienone is 1. The van der Waals surface area contributed by atoms with E-state index < -0.39 is 11.7 Å². The molecule has 1 amide bonds. The normalized spacial score (nSPS) is 11.0. The molecule has 0 saturated heterocycles. The van der Waals surface area contributed by atoms with E-state index in [1.807, 2.05) is 36.4 Å². The van der Waals surface area contributed by atoms with E-state index in [1.165, 1.54) is 37.5 Å². The first-order valence-corrected chi connectivity index (χ1v) is 11.6.